The summed E-state index contributed by atoms with van der Waals surface area (Å²) in [5.74, 6) is -1.59. The minimum Gasteiger partial charge on any atom is -0.351 e. The van der Waals surface area contributed by atoms with E-state index in [-0.39, 0.29) is 30.2 Å². The molecule has 1 unspecified atom stereocenters. The molecule has 0 aromatic heterocycles. The normalized spacial score (nSPS) is 26.9. The lowest BCUT2D eigenvalue weighted by atomic mass is 9.80. The van der Waals surface area contributed by atoms with Crippen molar-refractivity contribution in [3.05, 3.63) is 0 Å². The third kappa shape index (κ3) is 4.93. The Morgan fingerprint density at radius 2 is 1.80 bits per heavy atom. The Labute approximate surface area is 127 Å². The van der Waals surface area contributed by atoms with E-state index in [0.29, 0.717) is 12.8 Å². The van der Waals surface area contributed by atoms with E-state index in [1.807, 2.05) is 13.8 Å². The van der Waals surface area contributed by atoms with Gasteiger partial charge in [-0.05, 0) is 45.4 Å². The maximum Gasteiger partial charge on any atom is 0.391 e. The number of halogens is 4. The second-order valence-electron chi connectivity index (χ2n) is 5.93. The van der Waals surface area contributed by atoms with Gasteiger partial charge >= 0.3 is 6.18 Å². The van der Waals surface area contributed by atoms with Crippen LogP contribution in [0.4, 0.5) is 13.2 Å². The van der Waals surface area contributed by atoms with E-state index < -0.39 is 12.1 Å². The lowest BCUT2D eigenvalue weighted by Gasteiger charge is -2.34. The number of hydrogen-bond donors (Lipinski definition) is 1. The SMILES string of the molecule is CCC(C)(CCBr)NC(=O)C1CCC(C(F)(F)F)CC1. The quantitative estimate of drug-likeness (QED) is 0.724. The molecule has 0 bridgehead atoms. The zero-order valence-corrected chi connectivity index (χ0v) is 13.6. The molecule has 1 aliphatic rings. The Balaban J connectivity index is 2.51. The van der Waals surface area contributed by atoms with Crippen LogP contribution in [0.5, 0.6) is 0 Å². The van der Waals surface area contributed by atoms with Gasteiger partial charge in [-0.25, -0.2) is 0 Å². The molecule has 0 aromatic rings. The van der Waals surface area contributed by atoms with Crippen LogP contribution in [-0.4, -0.2) is 23.0 Å². The van der Waals surface area contributed by atoms with Crippen molar-refractivity contribution in [2.45, 2.75) is 64.1 Å². The van der Waals surface area contributed by atoms with E-state index >= 15 is 0 Å². The number of carbonyl (C=O) groups is 1. The summed E-state index contributed by atoms with van der Waals surface area (Å²) in [6, 6.07) is 0. The van der Waals surface area contributed by atoms with E-state index in [1.54, 1.807) is 0 Å². The summed E-state index contributed by atoms with van der Waals surface area (Å²) in [6.45, 7) is 3.98. The van der Waals surface area contributed by atoms with Crippen molar-refractivity contribution in [1.29, 1.82) is 0 Å². The summed E-state index contributed by atoms with van der Waals surface area (Å²) in [5.41, 5.74) is -0.276. The third-order valence-corrected chi connectivity index (χ3v) is 4.81. The van der Waals surface area contributed by atoms with Crippen LogP contribution in [0.1, 0.15) is 52.4 Å². The first-order chi connectivity index (χ1) is 9.22. The van der Waals surface area contributed by atoms with Crippen molar-refractivity contribution in [1.82, 2.24) is 5.32 Å². The largest absolute Gasteiger partial charge is 0.391 e. The van der Waals surface area contributed by atoms with Crippen LogP contribution in [0, 0.1) is 11.8 Å². The molecule has 118 valence electrons. The van der Waals surface area contributed by atoms with Crippen molar-refractivity contribution in [3.8, 4) is 0 Å². The first kappa shape index (κ1) is 17.8. The molecule has 0 radical (unpaired) electrons. The van der Waals surface area contributed by atoms with Gasteiger partial charge in [-0.15, -0.1) is 0 Å². The Morgan fingerprint density at radius 3 is 2.20 bits per heavy atom. The molecule has 6 heteroatoms. The fraction of sp³-hybridized carbons (Fsp3) is 0.929. The van der Waals surface area contributed by atoms with E-state index in [9.17, 15) is 18.0 Å². The first-order valence-corrected chi connectivity index (χ1v) is 8.28. The Hall–Kier alpha value is -0.260. The van der Waals surface area contributed by atoms with Gasteiger partial charge in [0.25, 0.3) is 0 Å². The molecule has 1 atom stereocenters. The van der Waals surface area contributed by atoms with Gasteiger partial charge < -0.3 is 5.32 Å². The second kappa shape index (κ2) is 7.14. The molecule has 0 aromatic carbocycles. The number of nitrogens with one attached hydrogen (secondary N) is 1. The molecule has 2 nitrogen and oxygen atoms in total. The summed E-state index contributed by atoms with van der Waals surface area (Å²) in [5, 5.41) is 3.81. The van der Waals surface area contributed by atoms with Gasteiger partial charge in [0.15, 0.2) is 0 Å². The summed E-state index contributed by atoms with van der Waals surface area (Å²) >= 11 is 3.37. The predicted octanol–water partition coefficient (Wildman–Crippen LogP) is 4.43. The van der Waals surface area contributed by atoms with Gasteiger partial charge in [-0.1, -0.05) is 22.9 Å². The fourth-order valence-electron chi connectivity index (χ4n) is 2.62. The maximum absolute atomic E-state index is 12.6. The number of carbonyl (C=O) groups excluding carboxylic acids is 1. The van der Waals surface area contributed by atoms with Gasteiger partial charge in [0.1, 0.15) is 0 Å². The summed E-state index contributed by atoms with van der Waals surface area (Å²) in [4.78, 5) is 12.2. The van der Waals surface area contributed by atoms with E-state index in [2.05, 4.69) is 21.2 Å². The molecule has 20 heavy (non-hydrogen) atoms. The zero-order valence-electron chi connectivity index (χ0n) is 12.0. The molecule has 0 saturated heterocycles. The maximum atomic E-state index is 12.6. The Bertz CT molecular complexity index is 327. The topological polar surface area (TPSA) is 29.1 Å². The standard InChI is InChI=1S/C14H23BrF3NO/c1-3-13(2,8-9-15)19-12(20)10-4-6-11(7-5-10)14(16,17)18/h10-11H,3-9H2,1-2H3,(H,19,20). The van der Waals surface area contributed by atoms with Crippen molar-refractivity contribution >= 4 is 21.8 Å². The first-order valence-electron chi connectivity index (χ1n) is 7.16. The minimum absolute atomic E-state index is 0.0723. The summed E-state index contributed by atoms with van der Waals surface area (Å²) in [6.07, 6.45) is -1.68. The fourth-order valence-corrected chi connectivity index (χ4v) is 3.49. The van der Waals surface area contributed by atoms with Gasteiger partial charge in [-0.2, -0.15) is 13.2 Å². The molecule has 1 saturated carbocycles. The second-order valence-corrected chi connectivity index (χ2v) is 6.73. The van der Waals surface area contributed by atoms with Gasteiger partial charge in [0.2, 0.25) is 5.91 Å². The zero-order chi connectivity index (χ0) is 15.4. The van der Waals surface area contributed by atoms with Crippen LogP contribution in [0.25, 0.3) is 0 Å². The van der Waals surface area contributed by atoms with Crippen LogP contribution in [0.15, 0.2) is 0 Å². The predicted molar refractivity (Wildman–Crippen MR) is 76.8 cm³/mol. The van der Waals surface area contributed by atoms with E-state index in [0.717, 1.165) is 18.2 Å². The highest BCUT2D eigenvalue weighted by Crippen LogP contribution is 2.39. The monoisotopic (exact) mass is 357 g/mol. The van der Waals surface area contributed by atoms with Crippen molar-refractivity contribution in [3.63, 3.8) is 0 Å². The molecule has 1 amide bonds. The van der Waals surface area contributed by atoms with Crippen LogP contribution >= 0.6 is 15.9 Å². The molecule has 1 fully saturated rings. The molecule has 1 rings (SSSR count). The molecular weight excluding hydrogens is 335 g/mol. The molecule has 0 aliphatic heterocycles. The molecule has 0 spiro atoms. The third-order valence-electron chi connectivity index (χ3n) is 4.41. The van der Waals surface area contributed by atoms with Crippen molar-refractivity contribution < 1.29 is 18.0 Å². The number of rotatable bonds is 5. The molecular formula is C14H23BrF3NO. The Kier molecular flexibility index (Phi) is 6.35. The highest BCUT2D eigenvalue weighted by molar-refractivity contribution is 9.09. The van der Waals surface area contributed by atoms with E-state index in [1.165, 1.54) is 0 Å². The van der Waals surface area contributed by atoms with Crippen LogP contribution in [0.2, 0.25) is 0 Å². The Morgan fingerprint density at radius 1 is 1.25 bits per heavy atom. The number of amides is 1. The minimum atomic E-state index is -4.12. The highest BCUT2D eigenvalue weighted by atomic mass is 79.9. The van der Waals surface area contributed by atoms with Gasteiger partial charge in [0, 0.05) is 16.8 Å². The average molecular weight is 358 g/mol. The van der Waals surface area contributed by atoms with Gasteiger partial charge in [-0.3, -0.25) is 4.79 Å². The molecule has 1 aliphatic carbocycles. The van der Waals surface area contributed by atoms with Crippen LogP contribution in [0.3, 0.4) is 0 Å². The average Bonchev–Trinajstić information content (AvgIpc) is 2.38. The van der Waals surface area contributed by atoms with Crippen LogP contribution < -0.4 is 5.32 Å². The lowest BCUT2D eigenvalue weighted by Crippen LogP contribution is -2.49. The molecule has 0 heterocycles. The highest BCUT2D eigenvalue weighted by Gasteiger charge is 2.42. The van der Waals surface area contributed by atoms with E-state index in [4.69, 9.17) is 0 Å². The van der Waals surface area contributed by atoms with Crippen molar-refractivity contribution in [2.24, 2.45) is 11.8 Å². The number of alkyl halides is 4. The van der Waals surface area contributed by atoms with Crippen LogP contribution in [-0.2, 0) is 4.79 Å². The summed E-state index contributed by atoms with van der Waals surface area (Å²) < 4.78 is 37.8. The van der Waals surface area contributed by atoms with Gasteiger partial charge in [0.05, 0.1) is 5.92 Å². The summed E-state index contributed by atoms with van der Waals surface area (Å²) in [7, 11) is 0. The lowest BCUT2D eigenvalue weighted by molar-refractivity contribution is -0.184. The number of hydrogen-bond acceptors (Lipinski definition) is 1. The van der Waals surface area contributed by atoms with Crippen molar-refractivity contribution in [2.75, 3.05) is 5.33 Å². The smallest absolute Gasteiger partial charge is 0.351 e. The molecule has 1 N–H and O–H groups in total.